The van der Waals surface area contributed by atoms with Crippen LogP contribution in [0.3, 0.4) is 0 Å². The Morgan fingerprint density at radius 1 is 1.13 bits per heavy atom. The summed E-state index contributed by atoms with van der Waals surface area (Å²) in [6.45, 7) is -0.655. The highest BCUT2D eigenvalue weighted by Crippen LogP contribution is 2.26. The molecule has 15 heavy (non-hydrogen) atoms. The van der Waals surface area contributed by atoms with Crippen molar-refractivity contribution < 1.29 is 25.5 Å². The van der Waals surface area contributed by atoms with Crippen molar-refractivity contribution in [1.82, 2.24) is 5.32 Å². The molecule has 0 spiro atoms. The van der Waals surface area contributed by atoms with Gasteiger partial charge in [-0.2, -0.15) is 0 Å². The van der Waals surface area contributed by atoms with Crippen LogP contribution in [-0.4, -0.2) is 69.6 Å². The highest BCUT2D eigenvalue weighted by Gasteiger charge is 2.41. The van der Waals surface area contributed by atoms with E-state index >= 15 is 0 Å². The van der Waals surface area contributed by atoms with E-state index in [1.165, 1.54) is 0 Å². The summed E-state index contributed by atoms with van der Waals surface area (Å²) in [4.78, 5) is 0. The Bertz CT molecular complexity index is 187. The first-order chi connectivity index (χ1) is 7.13. The molecule has 90 valence electrons. The minimum Gasteiger partial charge on any atom is -0.396 e. The third-order valence-electron chi connectivity index (χ3n) is 2.92. The largest absolute Gasteiger partial charge is 0.396 e. The average molecular weight is 221 g/mol. The van der Waals surface area contributed by atoms with Gasteiger partial charge in [0, 0.05) is 18.6 Å². The molecule has 1 fully saturated rings. The summed E-state index contributed by atoms with van der Waals surface area (Å²) in [5.41, 5.74) is 0. The van der Waals surface area contributed by atoms with Gasteiger partial charge in [-0.15, -0.1) is 0 Å². The van der Waals surface area contributed by atoms with Gasteiger partial charge < -0.3 is 30.8 Å². The highest BCUT2D eigenvalue weighted by molar-refractivity contribution is 4.96. The lowest BCUT2D eigenvalue weighted by Crippen LogP contribution is -2.51. The van der Waals surface area contributed by atoms with Gasteiger partial charge in [-0.1, -0.05) is 0 Å². The van der Waals surface area contributed by atoms with Gasteiger partial charge in [0.05, 0.1) is 31.5 Å². The average Bonchev–Trinajstić information content (AvgIpc) is 2.52. The molecule has 0 aliphatic heterocycles. The predicted octanol–water partition coefficient (Wildman–Crippen LogP) is -2.97. The third kappa shape index (κ3) is 2.87. The van der Waals surface area contributed by atoms with Crippen LogP contribution in [0.25, 0.3) is 0 Å². The van der Waals surface area contributed by atoms with Gasteiger partial charge >= 0.3 is 0 Å². The lowest BCUT2D eigenvalue weighted by molar-refractivity contribution is 0.0222. The first kappa shape index (κ1) is 12.8. The van der Waals surface area contributed by atoms with Gasteiger partial charge in [0.1, 0.15) is 0 Å². The van der Waals surface area contributed by atoms with Crippen LogP contribution in [0.15, 0.2) is 0 Å². The summed E-state index contributed by atoms with van der Waals surface area (Å²) < 4.78 is 0. The maximum Gasteiger partial charge on any atom is 0.0955 e. The molecule has 0 aromatic rings. The summed E-state index contributed by atoms with van der Waals surface area (Å²) >= 11 is 0. The van der Waals surface area contributed by atoms with Crippen LogP contribution in [-0.2, 0) is 0 Å². The van der Waals surface area contributed by atoms with E-state index in [-0.39, 0.29) is 25.7 Å². The Morgan fingerprint density at radius 3 is 2.20 bits per heavy atom. The Labute approximate surface area is 88.2 Å². The van der Waals surface area contributed by atoms with E-state index in [0.29, 0.717) is 6.42 Å². The highest BCUT2D eigenvalue weighted by atomic mass is 16.3. The normalized spacial score (nSPS) is 36.4. The molecular weight excluding hydrogens is 202 g/mol. The number of hydrogen-bond donors (Lipinski definition) is 6. The lowest BCUT2D eigenvalue weighted by atomic mass is 10.0. The van der Waals surface area contributed by atoms with Crippen LogP contribution < -0.4 is 5.32 Å². The van der Waals surface area contributed by atoms with E-state index in [1.54, 1.807) is 0 Å². The number of hydrogen-bond acceptors (Lipinski definition) is 6. The summed E-state index contributed by atoms with van der Waals surface area (Å²) in [6, 6.07) is -1.03. The number of nitrogens with one attached hydrogen (secondary N) is 1. The standard InChI is InChI=1S/C9H19NO5/c11-2-5-1-7(14)9(15)8(5)10-6(3-12)4-13/h5-15H,1-4H2/t5-,7+,8+,9+/m0/s1. The number of aliphatic hydroxyl groups excluding tert-OH is 5. The van der Waals surface area contributed by atoms with Gasteiger partial charge in [0.15, 0.2) is 0 Å². The Kier molecular flexibility index (Phi) is 4.91. The molecule has 1 aliphatic rings. The van der Waals surface area contributed by atoms with Crippen molar-refractivity contribution >= 4 is 0 Å². The zero-order valence-electron chi connectivity index (χ0n) is 8.45. The molecular formula is C9H19NO5. The maximum atomic E-state index is 9.61. The minimum absolute atomic E-state index is 0.143. The van der Waals surface area contributed by atoms with E-state index in [2.05, 4.69) is 5.32 Å². The van der Waals surface area contributed by atoms with Crippen LogP contribution in [0.2, 0.25) is 0 Å². The summed E-state index contributed by atoms with van der Waals surface area (Å²) in [5.74, 6) is -0.254. The fourth-order valence-electron chi connectivity index (χ4n) is 1.97. The molecule has 0 heterocycles. The van der Waals surface area contributed by atoms with Crippen molar-refractivity contribution in [2.24, 2.45) is 5.92 Å². The summed E-state index contributed by atoms with van der Waals surface area (Å²) in [7, 11) is 0. The molecule has 0 saturated heterocycles. The molecule has 1 aliphatic carbocycles. The van der Waals surface area contributed by atoms with Crippen molar-refractivity contribution in [3.05, 3.63) is 0 Å². The van der Waals surface area contributed by atoms with E-state index in [9.17, 15) is 10.2 Å². The van der Waals surface area contributed by atoms with Crippen molar-refractivity contribution in [2.45, 2.75) is 30.7 Å². The molecule has 0 unspecified atom stereocenters. The van der Waals surface area contributed by atoms with Crippen LogP contribution in [0.1, 0.15) is 6.42 Å². The second-order valence-electron chi connectivity index (χ2n) is 3.99. The van der Waals surface area contributed by atoms with Crippen molar-refractivity contribution in [2.75, 3.05) is 19.8 Å². The van der Waals surface area contributed by atoms with Gasteiger partial charge in [0.2, 0.25) is 0 Å². The Balaban J connectivity index is 2.57. The van der Waals surface area contributed by atoms with Crippen molar-refractivity contribution in [3.63, 3.8) is 0 Å². The predicted molar refractivity (Wildman–Crippen MR) is 52.1 cm³/mol. The third-order valence-corrected chi connectivity index (χ3v) is 2.92. The molecule has 4 atom stereocenters. The zero-order valence-corrected chi connectivity index (χ0v) is 8.45. The molecule has 0 bridgehead atoms. The van der Waals surface area contributed by atoms with E-state index in [0.717, 1.165) is 0 Å². The smallest absolute Gasteiger partial charge is 0.0955 e. The molecule has 6 heteroatoms. The Hall–Kier alpha value is -0.240. The molecule has 0 aromatic carbocycles. The molecule has 1 rings (SSSR count). The van der Waals surface area contributed by atoms with Crippen LogP contribution in [0.5, 0.6) is 0 Å². The van der Waals surface area contributed by atoms with Gasteiger partial charge in [-0.25, -0.2) is 0 Å². The Morgan fingerprint density at radius 2 is 1.73 bits per heavy atom. The van der Waals surface area contributed by atoms with Gasteiger partial charge in [-0.3, -0.25) is 0 Å². The molecule has 6 nitrogen and oxygen atoms in total. The van der Waals surface area contributed by atoms with E-state index < -0.39 is 24.3 Å². The molecule has 0 amide bonds. The second-order valence-corrected chi connectivity index (χ2v) is 3.99. The van der Waals surface area contributed by atoms with E-state index in [4.69, 9.17) is 15.3 Å². The minimum atomic E-state index is -0.970. The van der Waals surface area contributed by atoms with Crippen LogP contribution in [0, 0.1) is 5.92 Å². The first-order valence-corrected chi connectivity index (χ1v) is 5.08. The lowest BCUT2D eigenvalue weighted by Gasteiger charge is -2.26. The number of aliphatic hydroxyl groups is 5. The van der Waals surface area contributed by atoms with Gasteiger partial charge in [0.25, 0.3) is 0 Å². The molecule has 0 aromatic heterocycles. The number of rotatable bonds is 5. The van der Waals surface area contributed by atoms with Crippen molar-refractivity contribution in [1.29, 1.82) is 0 Å². The van der Waals surface area contributed by atoms with E-state index in [1.807, 2.05) is 0 Å². The first-order valence-electron chi connectivity index (χ1n) is 5.08. The topological polar surface area (TPSA) is 113 Å². The van der Waals surface area contributed by atoms with Crippen LogP contribution >= 0.6 is 0 Å². The summed E-state index contributed by atoms with van der Waals surface area (Å²) in [6.07, 6.45) is -1.51. The SMILES string of the molecule is OCC(CO)N[C@@H]1[C@H](CO)C[C@@H](O)[C@H]1O. The fraction of sp³-hybridized carbons (Fsp3) is 1.00. The summed E-state index contributed by atoms with van der Waals surface area (Å²) in [5, 5.41) is 48.6. The van der Waals surface area contributed by atoms with Gasteiger partial charge in [-0.05, 0) is 6.42 Å². The van der Waals surface area contributed by atoms with Crippen molar-refractivity contribution in [3.8, 4) is 0 Å². The molecule has 6 N–H and O–H groups in total. The zero-order chi connectivity index (χ0) is 11.4. The molecule has 1 saturated carbocycles. The quantitative estimate of drug-likeness (QED) is 0.295. The second kappa shape index (κ2) is 5.74. The maximum absolute atomic E-state index is 9.61. The van der Waals surface area contributed by atoms with Crippen LogP contribution in [0.4, 0.5) is 0 Å². The fourth-order valence-corrected chi connectivity index (χ4v) is 1.97. The monoisotopic (exact) mass is 221 g/mol. The molecule has 0 radical (unpaired) electrons.